The lowest BCUT2D eigenvalue weighted by atomic mass is 10.1. The van der Waals surface area contributed by atoms with Crippen molar-refractivity contribution in [3.8, 4) is 11.5 Å². The minimum absolute atomic E-state index is 0.123. The van der Waals surface area contributed by atoms with Gasteiger partial charge in [0.2, 0.25) is 15.8 Å². The second kappa shape index (κ2) is 7.81. The molecule has 0 N–H and O–H groups in total. The Morgan fingerprint density at radius 3 is 2.50 bits per heavy atom. The van der Waals surface area contributed by atoms with E-state index in [0.717, 1.165) is 21.7 Å². The lowest BCUT2D eigenvalue weighted by Gasteiger charge is -2.19. The van der Waals surface area contributed by atoms with E-state index in [9.17, 15) is 13.2 Å². The molecular formula is C19H19N3O5S. The topological polar surface area (TPSA) is 103 Å². The van der Waals surface area contributed by atoms with Gasteiger partial charge < -0.3 is 9.26 Å². The van der Waals surface area contributed by atoms with Crippen molar-refractivity contribution in [3.63, 3.8) is 0 Å². The van der Waals surface area contributed by atoms with E-state index >= 15 is 0 Å². The Balaban J connectivity index is 1.73. The molecule has 146 valence electrons. The van der Waals surface area contributed by atoms with E-state index in [0.29, 0.717) is 5.89 Å². The van der Waals surface area contributed by atoms with Crippen LogP contribution in [0.15, 0.2) is 53.1 Å². The number of rotatable bonds is 6. The Hall–Kier alpha value is -3.20. The first-order chi connectivity index (χ1) is 13.3. The zero-order chi connectivity index (χ0) is 20.3. The minimum atomic E-state index is -3.52. The molecule has 0 saturated heterocycles. The van der Waals surface area contributed by atoms with Crippen LogP contribution in [0.1, 0.15) is 21.7 Å². The summed E-state index contributed by atoms with van der Waals surface area (Å²) in [4.78, 5) is 16.7. The highest BCUT2D eigenvalue weighted by Gasteiger charge is 2.21. The van der Waals surface area contributed by atoms with Crippen LogP contribution in [-0.4, -0.2) is 37.8 Å². The fraction of sp³-hybridized carbons (Fsp3) is 0.211. The smallest absolute Gasteiger partial charge is 0.340 e. The van der Waals surface area contributed by atoms with Crippen molar-refractivity contribution in [1.29, 1.82) is 0 Å². The van der Waals surface area contributed by atoms with Gasteiger partial charge in [-0.25, -0.2) is 13.2 Å². The van der Waals surface area contributed by atoms with Gasteiger partial charge in [-0.15, -0.1) is 0 Å². The van der Waals surface area contributed by atoms with E-state index in [1.165, 1.54) is 19.2 Å². The van der Waals surface area contributed by atoms with Crippen LogP contribution in [0.2, 0.25) is 0 Å². The van der Waals surface area contributed by atoms with Crippen molar-refractivity contribution in [2.24, 2.45) is 0 Å². The SMILES string of the molecule is Cc1ccc(-c2nc(COC(=O)c3ccccc3N(C)S(C)(=O)=O)no2)cc1. The van der Waals surface area contributed by atoms with Crippen LogP contribution < -0.4 is 4.31 Å². The number of esters is 1. The summed E-state index contributed by atoms with van der Waals surface area (Å²) >= 11 is 0. The van der Waals surface area contributed by atoms with Crippen LogP contribution in [0, 0.1) is 6.92 Å². The van der Waals surface area contributed by atoms with Crippen molar-refractivity contribution in [2.45, 2.75) is 13.5 Å². The number of carbonyl (C=O) groups is 1. The predicted molar refractivity (Wildman–Crippen MR) is 103 cm³/mol. The molecule has 1 heterocycles. The second-order valence-electron chi connectivity index (χ2n) is 6.21. The number of benzene rings is 2. The van der Waals surface area contributed by atoms with Gasteiger partial charge in [0.15, 0.2) is 6.61 Å². The second-order valence-corrected chi connectivity index (χ2v) is 8.22. The molecular weight excluding hydrogens is 382 g/mol. The van der Waals surface area contributed by atoms with E-state index in [-0.39, 0.29) is 23.7 Å². The van der Waals surface area contributed by atoms with Crippen LogP contribution in [0.4, 0.5) is 5.69 Å². The summed E-state index contributed by atoms with van der Waals surface area (Å²) in [6.45, 7) is 1.77. The molecule has 0 fully saturated rings. The average molecular weight is 401 g/mol. The van der Waals surface area contributed by atoms with Gasteiger partial charge in [0.1, 0.15) is 0 Å². The van der Waals surface area contributed by atoms with Gasteiger partial charge in [0.25, 0.3) is 5.89 Å². The highest BCUT2D eigenvalue weighted by Crippen LogP contribution is 2.23. The number of ether oxygens (including phenoxy) is 1. The molecule has 0 atom stereocenters. The molecule has 8 nitrogen and oxygen atoms in total. The van der Waals surface area contributed by atoms with E-state index in [4.69, 9.17) is 9.26 Å². The number of anilines is 1. The van der Waals surface area contributed by atoms with Gasteiger partial charge in [-0.3, -0.25) is 4.31 Å². The molecule has 0 aliphatic carbocycles. The number of hydrogen-bond acceptors (Lipinski definition) is 7. The largest absolute Gasteiger partial charge is 0.454 e. The summed E-state index contributed by atoms with van der Waals surface area (Å²) in [7, 11) is -2.15. The summed E-state index contributed by atoms with van der Waals surface area (Å²) in [5, 5.41) is 3.81. The van der Waals surface area contributed by atoms with Gasteiger partial charge in [0.05, 0.1) is 17.5 Å². The Labute approximate surface area is 162 Å². The third-order valence-electron chi connectivity index (χ3n) is 4.06. The van der Waals surface area contributed by atoms with Gasteiger partial charge in [-0.1, -0.05) is 35.0 Å². The van der Waals surface area contributed by atoms with E-state index in [2.05, 4.69) is 10.1 Å². The standard InChI is InChI=1S/C19H19N3O5S/c1-13-8-10-14(11-9-13)18-20-17(21-27-18)12-26-19(23)15-6-4-5-7-16(15)22(2)28(3,24)25/h4-11H,12H2,1-3H3. The maximum atomic E-state index is 12.5. The third kappa shape index (κ3) is 4.37. The van der Waals surface area contributed by atoms with Crippen LogP contribution in [0.25, 0.3) is 11.5 Å². The highest BCUT2D eigenvalue weighted by atomic mass is 32.2. The zero-order valence-electron chi connectivity index (χ0n) is 15.6. The molecule has 3 aromatic rings. The van der Waals surface area contributed by atoms with Crippen LogP contribution in [0.3, 0.4) is 0 Å². The first-order valence-electron chi connectivity index (χ1n) is 8.35. The van der Waals surface area contributed by atoms with Crippen molar-refractivity contribution < 1.29 is 22.5 Å². The first kappa shape index (κ1) is 19.6. The molecule has 2 aromatic carbocycles. The molecule has 0 spiro atoms. The van der Waals surface area contributed by atoms with Gasteiger partial charge in [-0.2, -0.15) is 4.98 Å². The molecule has 0 unspecified atom stereocenters. The fourth-order valence-electron chi connectivity index (χ4n) is 2.43. The molecule has 28 heavy (non-hydrogen) atoms. The van der Waals surface area contributed by atoms with Crippen LogP contribution in [-0.2, 0) is 21.4 Å². The zero-order valence-corrected chi connectivity index (χ0v) is 16.4. The first-order valence-corrected chi connectivity index (χ1v) is 10.2. The number of aromatic nitrogens is 2. The predicted octanol–water partition coefficient (Wildman–Crippen LogP) is 2.80. The van der Waals surface area contributed by atoms with Crippen molar-refractivity contribution in [1.82, 2.24) is 10.1 Å². The lowest BCUT2D eigenvalue weighted by Crippen LogP contribution is -2.27. The number of nitrogens with zero attached hydrogens (tertiary/aromatic N) is 3. The Kier molecular flexibility index (Phi) is 5.46. The molecule has 3 rings (SSSR count). The van der Waals surface area contributed by atoms with Crippen molar-refractivity contribution in [3.05, 3.63) is 65.5 Å². The minimum Gasteiger partial charge on any atom is -0.454 e. The Morgan fingerprint density at radius 2 is 1.82 bits per heavy atom. The summed E-state index contributed by atoms with van der Waals surface area (Å²) < 4.78 is 35.0. The number of carbonyl (C=O) groups excluding carboxylic acids is 1. The summed E-state index contributed by atoms with van der Waals surface area (Å²) in [5.41, 5.74) is 2.21. The lowest BCUT2D eigenvalue weighted by molar-refractivity contribution is 0.0460. The normalized spacial score (nSPS) is 11.2. The van der Waals surface area contributed by atoms with Crippen LogP contribution in [0.5, 0.6) is 0 Å². The average Bonchev–Trinajstić information content (AvgIpc) is 3.14. The van der Waals surface area contributed by atoms with E-state index < -0.39 is 16.0 Å². The van der Waals surface area contributed by atoms with Crippen LogP contribution >= 0.6 is 0 Å². The van der Waals surface area contributed by atoms with E-state index in [1.807, 2.05) is 31.2 Å². The molecule has 0 bridgehead atoms. The monoisotopic (exact) mass is 401 g/mol. The molecule has 0 amide bonds. The molecule has 1 aromatic heterocycles. The molecule has 0 saturated carbocycles. The van der Waals surface area contributed by atoms with Gasteiger partial charge >= 0.3 is 5.97 Å². The van der Waals surface area contributed by atoms with Crippen molar-refractivity contribution in [2.75, 3.05) is 17.6 Å². The number of hydrogen-bond donors (Lipinski definition) is 0. The van der Waals surface area contributed by atoms with Gasteiger partial charge in [0, 0.05) is 12.6 Å². The molecule has 9 heteroatoms. The molecule has 0 aliphatic heterocycles. The third-order valence-corrected chi connectivity index (χ3v) is 5.25. The van der Waals surface area contributed by atoms with Crippen molar-refractivity contribution >= 4 is 21.7 Å². The maximum Gasteiger partial charge on any atom is 0.340 e. The fourth-order valence-corrected chi connectivity index (χ4v) is 2.95. The van der Waals surface area contributed by atoms with Gasteiger partial charge in [-0.05, 0) is 31.2 Å². The maximum absolute atomic E-state index is 12.5. The highest BCUT2D eigenvalue weighted by molar-refractivity contribution is 7.92. The summed E-state index contributed by atoms with van der Waals surface area (Å²) in [6.07, 6.45) is 1.06. The number of sulfonamides is 1. The summed E-state index contributed by atoms with van der Waals surface area (Å²) in [5.74, 6) is -0.158. The quantitative estimate of drug-likeness (QED) is 0.585. The Bertz CT molecular complexity index is 1090. The summed E-state index contributed by atoms with van der Waals surface area (Å²) in [6, 6.07) is 13.9. The number of aryl methyl sites for hydroxylation is 1. The molecule has 0 aliphatic rings. The molecule has 0 radical (unpaired) electrons. The van der Waals surface area contributed by atoms with E-state index in [1.54, 1.807) is 12.1 Å². The Morgan fingerprint density at radius 1 is 1.14 bits per heavy atom. The number of para-hydroxylation sites is 1.